The van der Waals surface area contributed by atoms with Crippen LogP contribution in [0.25, 0.3) is 0 Å². The summed E-state index contributed by atoms with van der Waals surface area (Å²) in [6.45, 7) is -0.0647. The predicted octanol–water partition coefficient (Wildman–Crippen LogP) is -0.561. The van der Waals surface area contributed by atoms with Gasteiger partial charge in [-0.2, -0.15) is 0 Å². The lowest BCUT2D eigenvalue weighted by Crippen LogP contribution is -2.31. The summed E-state index contributed by atoms with van der Waals surface area (Å²) in [7, 11) is 2.96. The van der Waals surface area contributed by atoms with Crippen LogP contribution in [0.15, 0.2) is 12.4 Å². The average molecular weight is 249 g/mol. The Labute approximate surface area is 103 Å². The van der Waals surface area contributed by atoms with E-state index in [2.05, 4.69) is 15.3 Å². The SMILES string of the molecule is CNc1cnc(CN2C(=O)C(=O)N(C)C2=O)cn1. The summed E-state index contributed by atoms with van der Waals surface area (Å²) in [6, 6.07) is -0.649. The van der Waals surface area contributed by atoms with E-state index < -0.39 is 17.8 Å². The molecule has 1 aliphatic heterocycles. The van der Waals surface area contributed by atoms with Crippen molar-refractivity contribution in [3.63, 3.8) is 0 Å². The summed E-state index contributed by atoms with van der Waals surface area (Å²) in [4.78, 5) is 44.0. The van der Waals surface area contributed by atoms with Gasteiger partial charge in [0, 0.05) is 14.1 Å². The Balaban J connectivity index is 2.16. The van der Waals surface area contributed by atoms with Crippen LogP contribution >= 0.6 is 0 Å². The van der Waals surface area contributed by atoms with Crippen LogP contribution in [-0.4, -0.2) is 51.7 Å². The zero-order valence-electron chi connectivity index (χ0n) is 9.88. The van der Waals surface area contributed by atoms with Crippen molar-refractivity contribution in [2.75, 3.05) is 19.4 Å². The first-order valence-corrected chi connectivity index (χ1v) is 5.16. The quantitative estimate of drug-likeness (QED) is 0.570. The summed E-state index contributed by atoms with van der Waals surface area (Å²) in [5, 5.41) is 2.80. The van der Waals surface area contributed by atoms with Gasteiger partial charge in [-0.15, -0.1) is 0 Å². The van der Waals surface area contributed by atoms with Gasteiger partial charge in [0.1, 0.15) is 5.82 Å². The topological polar surface area (TPSA) is 95.5 Å². The number of hydrogen-bond acceptors (Lipinski definition) is 6. The van der Waals surface area contributed by atoms with Gasteiger partial charge in [-0.3, -0.25) is 19.5 Å². The number of amides is 4. The van der Waals surface area contributed by atoms with E-state index in [0.29, 0.717) is 11.5 Å². The molecule has 0 aliphatic carbocycles. The number of aromatic nitrogens is 2. The van der Waals surface area contributed by atoms with Gasteiger partial charge >= 0.3 is 17.8 Å². The first-order valence-electron chi connectivity index (χ1n) is 5.16. The maximum Gasteiger partial charge on any atom is 0.334 e. The smallest absolute Gasteiger partial charge is 0.334 e. The molecule has 4 amide bonds. The van der Waals surface area contributed by atoms with Crippen LogP contribution in [0.3, 0.4) is 0 Å². The lowest BCUT2D eigenvalue weighted by atomic mass is 10.4. The average Bonchev–Trinajstić information content (AvgIpc) is 2.57. The maximum absolute atomic E-state index is 11.6. The second-order valence-corrected chi connectivity index (χ2v) is 3.68. The Hall–Kier alpha value is -2.51. The standard InChI is InChI=1S/C10H11N5O3/c1-11-7-4-12-6(3-13-7)5-15-9(17)8(16)14(2)10(15)18/h3-4H,5H2,1-2H3,(H,11,13). The first-order chi connectivity index (χ1) is 8.54. The molecule has 18 heavy (non-hydrogen) atoms. The van der Waals surface area contributed by atoms with E-state index in [1.54, 1.807) is 7.05 Å². The molecule has 0 spiro atoms. The van der Waals surface area contributed by atoms with Gasteiger partial charge in [0.15, 0.2) is 0 Å². The van der Waals surface area contributed by atoms with E-state index in [-0.39, 0.29) is 6.54 Å². The Morgan fingerprint density at radius 3 is 2.33 bits per heavy atom. The van der Waals surface area contributed by atoms with Crippen molar-refractivity contribution in [3.05, 3.63) is 18.1 Å². The molecule has 0 saturated carbocycles. The number of nitrogens with zero attached hydrogens (tertiary/aromatic N) is 4. The fourth-order valence-corrected chi connectivity index (χ4v) is 1.48. The number of hydrogen-bond donors (Lipinski definition) is 1. The summed E-state index contributed by atoms with van der Waals surface area (Å²) in [5.41, 5.74) is 0.429. The van der Waals surface area contributed by atoms with Crippen LogP contribution in [0.4, 0.5) is 10.6 Å². The zero-order valence-corrected chi connectivity index (χ0v) is 9.88. The molecular formula is C10H11N5O3. The number of anilines is 1. The molecule has 8 nitrogen and oxygen atoms in total. The molecule has 1 fully saturated rings. The van der Waals surface area contributed by atoms with E-state index in [1.807, 2.05) is 0 Å². The third-order valence-electron chi connectivity index (χ3n) is 2.53. The third-order valence-corrected chi connectivity index (χ3v) is 2.53. The van der Waals surface area contributed by atoms with E-state index in [4.69, 9.17) is 0 Å². The normalized spacial score (nSPS) is 15.6. The van der Waals surface area contributed by atoms with Crippen molar-refractivity contribution < 1.29 is 14.4 Å². The summed E-state index contributed by atoms with van der Waals surface area (Å²) in [5.74, 6) is -1.10. The van der Waals surface area contributed by atoms with E-state index >= 15 is 0 Å². The number of carbonyl (C=O) groups excluding carboxylic acids is 3. The molecule has 0 atom stereocenters. The van der Waals surface area contributed by atoms with Crippen LogP contribution < -0.4 is 5.32 Å². The minimum absolute atomic E-state index is 0.0647. The monoisotopic (exact) mass is 249 g/mol. The second-order valence-electron chi connectivity index (χ2n) is 3.68. The molecule has 0 aromatic carbocycles. The lowest BCUT2D eigenvalue weighted by molar-refractivity contribution is -0.143. The van der Waals surface area contributed by atoms with Crippen molar-refractivity contribution in [2.45, 2.75) is 6.54 Å². The highest BCUT2D eigenvalue weighted by molar-refractivity contribution is 6.44. The molecular weight excluding hydrogens is 238 g/mol. The number of carbonyl (C=O) groups is 3. The van der Waals surface area contributed by atoms with Gasteiger partial charge < -0.3 is 5.32 Å². The highest BCUT2D eigenvalue weighted by Gasteiger charge is 2.42. The predicted molar refractivity (Wildman–Crippen MR) is 60.3 cm³/mol. The molecule has 0 bridgehead atoms. The van der Waals surface area contributed by atoms with Gasteiger partial charge in [-0.25, -0.2) is 14.7 Å². The van der Waals surface area contributed by atoms with Gasteiger partial charge in [-0.05, 0) is 0 Å². The van der Waals surface area contributed by atoms with Crippen molar-refractivity contribution in [2.24, 2.45) is 0 Å². The molecule has 94 valence electrons. The van der Waals surface area contributed by atoms with E-state index in [1.165, 1.54) is 19.4 Å². The number of nitrogens with one attached hydrogen (secondary N) is 1. The highest BCUT2D eigenvalue weighted by atomic mass is 16.2. The van der Waals surface area contributed by atoms with Crippen molar-refractivity contribution in [3.8, 4) is 0 Å². The van der Waals surface area contributed by atoms with Crippen molar-refractivity contribution in [1.29, 1.82) is 0 Å². The maximum atomic E-state index is 11.6. The molecule has 0 radical (unpaired) electrons. The van der Waals surface area contributed by atoms with Crippen molar-refractivity contribution >= 4 is 23.7 Å². The lowest BCUT2D eigenvalue weighted by Gasteiger charge is -2.11. The largest absolute Gasteiger partial charge is 0.372 e. The van der Waals surface area contributed by atoms with E-state index in [0.717, 1.165) is 9.80 Å². The summed E-state index contributed by atoms with van der Waals surface area (Å²) in [6.07, 6.45) is 2.92. The molecule has 2 rings (SSSR count). The van der Waals surface area contributed by atoms with E-state index in [9.17, 15) is 14.4 Å². The summed E-state index contributed by atoms with van der Waals surface area (Å²) < 4.78 is 0. The molecule has 1 aromatic heterocycles. The van der Waals surface area contributed by atoms with Crippen LogP contribution in [-0.2, 0) is 16.1 Å². The van der Waals surface area contributed by atoms with Gasteiger partial charge in [0.05, 0.1) is 24.6 Å². The minimum atomic E-state index is -0.845. The van der Waals surface area contributed by atoms with Crippen molar-refractivity contribution in [1.82, 2.24) is 19.8 Å². The highest BCUT2D eigenvalue weighted by Crippen LogP contribution is 2.13. The second kappa shape index (κ2) is 4.40. The number of likely N-dealkylation sites (N-methyl/N-ethyl adjacent to an activating group) is 1. The third kappa shape index (κ3) is 1.88. The molecule has 1 aliphatic rings. The number of urea groups is 1. The van der Waals surface area contributed by atoms with Crippen LogP contribution in [0.2, 0.25) is 0 Å². The summed E-state index contributed by atoms with van der Waals surface area (Å²) >= 11 is 0. The van der Waals surface area contributed by atoms with Gasteiger partial charge in [-0.1, -0.05) is 0 Å². The Bertz CT molecular complexity index is 513. The fraction of sp³-hybridized carbons (Fsp3) is 0.300. The molecule has 2 heterocycles. The Morgan fingerprint density at radius 1 is 1.17 bits per heavy atom. The van der Waals surface area contributed by atoms with Gasteiger partial charge in [0.2, 0.25) is 0 Å². The molecule has 0 unspecified atom stereocenters. The Kier molecular flexibility index (Phi) is 2.92. The van der Waals surface area contributed by atoms with Crippen LogP contribution in [0, 0.1) is 0 Å². The zero-order chi connectivity index (χ0) is 13.3. The molecule has 8 heteroatoms. The first kappa shape index (κ1) is 12.0. The molecule has 1 aromatic rings. The number of imide groups is 2. The molecule has 1 saturated heterocycles. The fourth-order valence-electron chi connectivity index (χ4n) is 1.48. The van der Waals surface area contributed by atoms with Crippen LogP contribution in [0.5, 0.6) is 0 Å². The Morgan fingerprint density at radius 2 is 1.89 bits per heavy atom. The van der Waals surface area contributed by atoms with Crippen LogP contribution in [0.1, 0.15) is 5.69 Å². The number of rotatable bonds is 3. The minimum Gasteiger partial charge on any atom is -0.372 e. The van der Waals surface area contributed by atoms with Gasteiger partial charge in [0.25, 0.3) is 0 Å². The molecule has 1 N–H and O–H groups in total.